The van der Waals surface area contributed by atoms with Gasteiger partial charge in [0.1, 0.15) is 11.3 Å². The van der Waals surface area contributed by atoms with Crippen molar-refractivity contribution >= 4 is 17.0 Å². The number of aryl methyl sites for hydroxylation is 1. The van der Waals surface area contributed by atoms with Crippen LogP contribution in [0.2, 0.25) is 0 Å². The average Bonchev–Trinajstić information content (AvgIpc) is 2.50. The van der Waals surface area contributed by atoms with Crippen molar-refractivity contribution < 1.29 is 9.34 Å². The smallest absolute Gasteiger partial charge is 0.235 e. The maximum Gasteiger partial charge on any atom is 0.235 e. The molecule has 0 aliphatic carbocycles. The molecule has 2 aromatic rings. The maximum atomic E-state index is 10.2. The van der Waals surface area contributed by atoms with Gasteiger partial charge in [-0.2, -0.15) is 0 Å². The minimum Gasteiger partial charge on any atom is -0.461 e. The molecule has 76 valence electrons. The number of para-hydroxylation sites is 1. The molecular formula is C11H9NO3. The summed E-state index contributed by atoms with van der Waals surface area (Å²) in [5.41, 5.74) is 1.51. The van der Waals surface area contributed by atoms with Crippen LogP contribution >= 0.6 is 0 Å². The van der Waals surface area contributed by atoms with Crippen molar-refractivity contribution in [2.75, 3.05) is 0 Å². The van der Waals surface area contributed by atoms with Gasteiger partial charge in [-0.1, -0.05) is 18.2 Å². The monoisotopic (exact) mass is 203 g/mol. The molecule has 2 rings (SSSR count). The second kappa shape index (κ2) is 3.57. The molecule has 15 heavy (non-hydrogen) atoms. The van der Waals surface area contributed by atoms with E-state index in [4.69, 9.17) is 4.42 Å². The maximum absolute atomic E-state index is 10.2. The van der Waals surface area contributed by atoms with Gasteiger partial charge in [0.2, 0.25) is 6.20 Å². The lowest BCUT2D eigenvalue weighted by molar-refractivity contribution is -0.400. The number of fused-ring (bicyclic) bond motifs is 1. The highest BCUT2D eigenvalue weighted by atomic mass is 16.6. The van der Waals surface area contributed by atoms with Gasteiger partial charge in [0.25, 0.3) is 0 Å². The van der Waals surface area contributed by atoms with Crippen LogP contribution in [0.4, 0.5) is 0 Å². The zero-order valence-electron chi connectivity index (χ0n) is 8.14. The molecule has 0 unspecified atom stereocenters. The Kier molecular flexibility index (Phi) is 2.25. The predicted octanol–water partition coefficient (Wildman–Crippen LogP) is 2.99. The summed E-state index contributed by atoms with van der Waals surface area (Å²) in [4.78, 5) is 9.75. The number of hydrogen-bond acceptors (Lipinski definition) is 3. The Hall–Kier alpha value is -2.10. The quantitative estimate of drug-likeness (QED) is 0.556. The Balaban J connectivity index is 2.59. The summed E-state index contributed by atoms with van der Waals surface area (Å²) in [7, 11) is 0. The first-order valence-corrected chi connectivity index (χ1v) is 4.48. The van der Waals surface area contributed by atoms with E-state index >= 15 is 0 Å². The summed E-state index contributed by atoms with van der Waals surface area (Å²) in [5, 5.41) is 11.1. The van der Waals surface area contributed by atoms with Gasteiger partial charge in [0, 0.05) is 17.0 Å². The third-order valence-electron chi connectivity index (χ3n) is 2.18. The van der Waals surface area contributed by atoms with Gasteiger partial charge in [-0.05, 0) is 13.0 Å². The first kappa shape index (κ1) is 9.45. The van der Waals surface area contributed by atoms with E-state index in [9.17, 15) is 10.1 Å². The SMILES string of the molecule is Cc1oc2ccccc2c1/C=C/[N+](=O)[O-]. The van der Waals surface area contributed by atoms with Crippen LogP contribution in [0.3, 0.4) is 0 Å². The van der Waals surface area contributed by atoms with Crippen molar-refractivity contribution in [1.82, 2.24) is 0 Å². The second-order valence-electron chi connectivity index (χ2n) is 3.17. The van der Waals surface area contributed by atoms with Crippen LogP contribution in [0.25, 0.3) is 17.0 Å². The van der Waals surface area contributed by atoms with Gasteiger partial charge in [-0.15, -0.1) is 0 Å². The van der Waals surface area contributed by atoms with Crippen molar-refractivity contribution in [2.45, 2.75) is 6.92 Å². The van der Waals surface area contributed by atoms with Gasteiger partial charge < -0.3 is 4.42 Å². The van der Waals surface area contributed by atoms with E-state index in [1.165, 1.54) is 6.08 Å². The Morgan fingerprint density at radius 2 is 2.13 bits per heavy atom. The highest BCUT2D eigenvalue weighted by Gasteiger charge is 2.07. The lowest BCUT2D eigenvalue weighted by Gasteiger charge is -1.88. The Morgan fingerprint density at radius 1 is 1.40 bits per heavy atom. The van der Waals surface area contributed by atoms with Gasteiger partial charge in [-0.3, -0.25) is 10.1 Å². The van der Waals surface area contributed by atoms with Gasteiger partial charge in [-0.25, -0.2) is 0 Å². The van der Waals surface area contributed by atoms with Crippen molar-refractivity contribution in [3.05, 3.63) is 51.9 Å². The summed E-state index contributed by atoms with van der Waals surface area (Å²) in [6.45, 7) is 1.79. The second-order valence-corrected chi connectivity index (χ2v) is 3.17. The lowest BCUT2D eigenvalue weighted by atomic mass is 10.1. The van der Waals surface area contributed by atoms with Crippen molar-refractivity contribution in [2.24, 2.45) is 0 Å². The minimum atomic E-state index is -0.485. The predicted molar refractivity (Wildman–Crippen MR) is 57.0 cm³/mol. The third-order valence-corrected chi connectivity index (χ3v) is 2.18. The molecule has 0 spiro atoms. The van der Waals surface area contributed by atoms with Crippen molar-refractivity contribution in [3.8, 4) is 0 Å². The fourth-order valence-electron chi connectivity index (χ4n) is 1.53. The zero-order valence-corrected chi connectivity index (χ0v) is 8.14. The van der Waals surface area contributed by atoms with Crippen molar-refractivity contribution in [3.63, 3.8) is 0 Å². The van der Waals surface area contributed by atoms with Crippen molar-refractivity contribution in [1.29, 1.82) is 0 Å². The molecule has 0 N–H and O–H groups in total. The highest BCUT2D eigenvalue weighted by molar-refractivity contribution is 5.88. The molecule has 1 aromatic carbocycles. The molecule has 0 bridgehead atoms. The fraction of sp³-hybridized carbons (Fsp3) is 0.0909. The topological polar surface area (TPSA) is 56.3 Å². The van der Waals surface area contributed by atoms with Gasteiger partial charge in [0.15, 0.2) is 0 Å². The largest absolute Gasteiger partial charge is 0.461 e. The fourth-order valence-corrected chi connectivity index (χ4v) is 1.53. The Bertz CT molecular complexity index is 540. The van der Waals surface area contributed by atoms with E-state index in [0.717, 1.165) is 22.7 Å². The number of hydrogen-bond donors (Lipinski definition) is 0. The van der Waals surface area contributed by atoms with Crippen LogP contribution in [-0.4, -0.2) is 4.92 Å². The summed E-state index contributed by atoms with van der Waals surface area (Å²) < 4.78 is 5.46. The molecule has 4 heteroatoms. The van der Waals surface area contributed by atoms with Crippen LogP contribution in [0.5, 0.6) is 0 Å². The molecule has 1 heterocycles. The summed E-state index contributed by atoms with van der Waals surface area (Å²) in [5.74, 6) is 0.689. The average molecular weight is 203 g/mol. The van der Waals surface area contributed by atoms with E-state index in [-0.39, 0.29) is 0 Å². The number of furan rings is 1. The highest BCUT2D eigenvalue weighted by Crippen LogP contribution is 2.26. The number of benzene rings is 1. The first-order chi connectivity index (χ1) is 7.18. The lowest BCUT2D eigenvalue weighted by Crippen LogP contribution is -1.82. The van der Waals surface area contributed by atoms with E-state index in [1.54, 1.807) is 6.92 Å². The molecule has 0 saturated carbocycles. The normalized spacial score (nSPS) is 11.3. The molecule has 1 aromatic heterocycles. The number of nitro groups is 1. The Labute approximate surface area is 86.0 Å². The molecule has 0 atom stereocenters. The summed E-state index contributed by atoms with van der Waals surface area (Å²) in [6.07, 6.45) is 2.38. The molecule has 0 amide bonds. The minimum absolute atomic E-state index is 0.485. The summed E-state index contributed by atoms with van der Waals surface area (Å²) in [6, 6.07) is 7.46. The van der Waals surface area contributed by atoms with Crippen LogP contribution in [0.15, 0.2) is 34.9 Å². The summed E-state index contributed by atoms with van der Waals surface area (Å²) >= 11 is 0. The van der Waals surface area contributed by atoms with Crippen LogP contribution < -0.4 is 0 Å². The molecule has 0 aliphatic heterocycles. The van der Waals surface area contributed by atoms with E-state index < -0.39 is 4.92 Å². The van der Waals surface area contributed by atoms with E-state index in [0.29, 0.717) is 5.76 Å². The van der Waals surface area contributed by atoms with Crippen LogP contribution in [0, 0.1) is 17.0 Å². The zero-order chi connectivity index (χ0) is 10.8. The molecule has 0 fully saturated rings. The molecule has 4 nitrogen and oxygen atoms in total. The number of rotatable bonds is 2. The standard InChI is InChI=1S/C11H9NO3/c1-8-9(6-7-12(13)14)10-4-2-3-5-11(10)15-8/h2-7H,1H3/b7-6+. The van der Waals surface area contributed by atoms with E-state index in [2.05, 4.69) is 0 Å². The molecular weight excluding hydrogens is 194 g/mol. The molecule has 0 saturated heterocycles. The number of nitrogens with zero attached hydrogens (tertiary/aromatic N) is 1. The van der Waals surface area contributed by atoms with Gasteiger partial charge >= 0.3 is 0 Å². The van der Waals surface area contributed by atoms with Gasteiger partial charge in [0.05, 0.1) is 4.92 Å². The first-order valence-electron chi connectivity index (χ1n) is 4.48. The van der Waals surface area contributed by atoms with Crippen LogP contribution in [0.1, 0.15) is 11.3 Å². The van der Waals surface area contributed by atoms with E-state index in [1.807, 2.05) is 24.3 Å². The third kappa shape index (κ3) is 1.74. The van der Waals surface area contributed by atoms with Crippen LogP contribution in [-0.2, 0) is 0 Å². The molecule has 0 radical (unpaired) electrons. The molecule has 0 aliphatic rings. The Morgan fingerprint density at radius 3 is 2.87 bits per heavy atom.